The molecule has 86 valence electrons. The third-order valence-electron chi connectivity index (χ3n) is 3.00. The molecule has 1 aromatic rings. The minimum atomic E-state index is -1.83. The van der Waals surface area contributed by atoms with E-state index in [0.29, 0.717) is 0 Å². The maximum absolute atomic E-state index is 12.0. The summed E-state index contributed by atoms with van der Waals surface area (Å²) in [5.41, 5.74) is 0. The molecular formula is C14H18OSe. The molecule has 0 amide bonds. The molecule has 0 aliphatic carbocycles. The van der Waals surface area contributed by atoms with Gasteiger partial charge in [0.15, 0.2) is 0 Å². The molecule has 16 heavy (non-hydrogen) atoms. The SMILES string of the molecule is CCCCCCC1=c2ccccc2=C[Se]1=O. The van der Waals surface area contributed by atoms with Crippen LogP contribution in [0.5, 0.6) is 0 Å². The molecule has 0 saturated carbocycles. The molecule has 2 heteroatoms. The summed E-state index contributed by atoms with van der Waals surface area (Å²) in [5, 5.41) is 2.44. The molecule has 2 rings (SSSR count). The van der Waals surface area contributed by atoms with Crippen molar-refractivity contribution in [3.05, 3.63) is 34.7 Å². The van der Waals surface area contributed by atoms with E-state index in [1.807, 2.05) is 17.1 Å². The van der Waals surface area contributed by atoms with E-state index in [0.717, 1.165) is 6.42 Å². The van der Waals surface area contributed by atoms with Crippen LogP contribution >= 0.6 is 0 Å². The maximum atomic E-state index is 12.0. The van der Waals surface area contributed by atoms with Crippen molar-refractivity contribution in [1.82, 2.24) is 0 Å². The fraction of sp³-hybridized carbons (Fsp3) is 0.429. The van der Waals surface area contributed by atoms with Gasteiger partial charge in [0.05, 0.1) is 0 Å². The average Bonchev–Trinajstić information content (AvgIpc) is 2.61. The first-order chi connectivity index (χ1) is 7.83. The molecule has 0 aromatic heterocycles. The summed E-state index contributed by atoms with van der Waals surface area (Å²) in [5.74, 6) is 0. The average molecular weight is 281 g/mol. The summed E-state index contributed by atoms with van der Waals surface area (Å²) in [6.45, 7) is 2.22. The summed E-state index contributed by atoms with van der Waals surface area (Å²) in [7, 11) is 0. The van der Waals surface area contributed by atoms with E-state index in [2.05, 4.69) is 19.1 Å². The first kappa shape index (κ1) is 11.8. The van der Waals surface area contributed by atoms with Crippen LogP contribution in [0, 0.1) is 0 Å². The Hall–Kier alpha value is -0.721. The molecule has 0 saturated heterocycles. The third kappa shape index (κ3) is 2.50. The molecule has 1 atom stereocenters. The number of hydrogen-bond acceptors (Lipinski definition) is 1. The Morgan fingerprint density at radius 3 is 2.75 bits per heavy atom. The van der Waals surface area contributed by atoms with E-state index in [1.165, 1.54) is 40.6 Å². The Kier molecular flexibility index (Phi) is 4.09. The van der Waals surface area contributed by atoms with E-state index in [1.54, 1.807) is 0 Å². The van der Waals surface area contributed by atoms with Gasteiger partial charge in [-0.25, -0.2) is 0 Å². The topological polar surface area (TPSA) is 17.1 Å². The number of hydrogen-bond donors (Lipinski definition) is 0. The van der Waals surface area contributed by atoms with Gasteiger partial charge in [-0.3, -0.25) is 0 Å². The predicted molar refractivity (Wildman–Crippen MR) is 68.8 cm³/mol. The van der Waals surface area contributed by atoms with Crippen LogP contribution < -0.4 is 10.4 Å². The van der Waals surface area contributed by atoms with Crippen LogP contribution in [-0.4, -0.2) is 13.8 Å². The second-order valence-corrected chi connectivity index (χ2v) is 7.01. The van der Waals surface area contributed by atoms with Crippen molar-refractivity contribution < 1.29 is 3.83 Å². The normalized spacial score (nSPS) is 18.3. The van der Waals surface area contributed by atoms with E-state index >= 15 is 0 Å². The van der Waals surface area contributed by atoms with Gasteiger partial charge in [0.1, 0.15) is 0 Å². The van der Waals surface area contributed by atoms with Gasteiger partial charge in [-0.15, -0.1) is 0 Å². The Bertz CT molecular complexity index is 502. The molecular weight excluding hydrogens is 263 g/mol. The van der Waals surface area contributed by atoms with Crippen molar-refractivity contribution >= 4 is 23.3 Å². The second-order valence-electron chi connectivity index (χ2n) is 4.24. The zero-order valence-electron chi connectivity index (χ0n) is 9.74. The predicted octanol–water partition coefficient (Wildman–Crippen LogP) is 2.10. The van der Waals surface area contributed by atoms with E-state index in [9.17, 15) is 3.83 Å². The van der Waals surface area contributed by atoms with E-state index in [-0.39, 0.29) is 0 Å². The molecule has 1 aliphatic rings. The van der Waals surface area contributed by atoms with Crippen molar-refractivity contribution in [3.63, 3.8) is 0 Å². The van der Waals surface area contributed by atoms with Crippen LogP contribution in [0.1, 0.15) is 39.0 Å². The summed E-state index contributed by atoms with van der Waals surface area (Å²) < 4.78 is 13.2. The Labute approximate surface area is 101 Å². The minimum absolute atomic E-state index is 1.03. The number of fused-ring (bicyclic) bond motifs is 1. The second kappa shape index (κ2) is 5.56. The Morgan fingerprint density at radius 2 is 1.94 bits per heavy atom. The fourth-order valence-electron chi connectivity index (χ4n) is 2.10. The Balaban J connectivity index is 2.16. The van der Waals surface area contributed by atoms with Crippen LogP contribution in [0.2, 0.25) is 0 Å². The van der Waals surface area contributed by atoms with Gasteiger partial charge in [0, 0.05) is 0 Å². The first-order valence-corrected chi connectivity index (χ1v) is 8.58. The zero-order chi connectivity index (χ0) is 11.4. The number of unbranched alkanes of at least 4 members (excludes halogenated alkanes) is 3. The van der Waals surface area contributed by atoms with Gasteiger partial charge in [0.2, 0.25) is 0 Å². The monoisotopic (exact) mass is 282 g/mol. The van der Waals surface area contributed by atoms with Crippen molar-refractivity contribution in [1.29, 1.82) is 0 Å². The van der Waals surface area contributed by atoms with Crippen LogP contribution in [0.3, 0.4) is 0 Å². The molecule has 1 unspecified atom stereocenters. The molecule has 0 fully saturated rings. The molecule has 0 N–H and O–H groups in total. The molecule has 1 aliphatic heterocycles. The van der Waals surface area contributed by atoms with Crippen LogP contribution in [0.25, 0.3) is 9.45 Å². The van der Waals surface area contributed by atoms with Crippen molar-refractivity contribution in [2.24, 2.45) is 0 Å². The van der Waals surface area contributed by atoms with Crippen molar-refractivity contribution in [2.45, 2.75) is 39.0 Å². The van der Waals surface area contributed by atoms with Crippen LogP contribution in [0.4, 0.5) is 0 Å². The summed E-state index contributed by atoms with van der Waals surface area (Å²) >= 11 is -1.83. The Morgan fingerprint density at radius 1 is 1.12 bits per heavy atom. The van der Waals surface area contributed by atoms with Crippen molar-refractivity contribution in [3.8, 4) is 0 Å². The molecule has 0 radical (unpaired) electrons. The van der Waals surface area contributed by atoms with Gasteiger partial charge in [-0.05, 0) is 0 Å². The van der Waals surface area contributed by atoms with Gasteiger partial charge in [-0.2, -0.15) is 0 Å². The van der Waals surface area contributed by atoms with Crippen LogP contribution in [0.15, 0.2) is 24.3 Å². The first-order valence-electron chi connectivity index (χ1n) is 6.03. The molecule has 0 bridgehead atoms. The quantitative estimate of drug-likeness (QED) is 0.597. The molecule has 1 aromatic carbocycles. The summed E-state index contributed by atoms with van der Waals surface area (Å²) in [6, 6.07) is 8.25. The van der Waals surface area contributed by atoms with Gasteiger partial charge >= 0.3 is 101 Å². The molecule has 1 nitrogen and oxygen atoms in total. The number of benzene rings is 1. The van der Waals surface area contributed by atoms with Gasteiger partial charge in [-0.1, -0.05) is 0 Å². The third-order valence-corrected chi connectivity index (χ3v) is 5.89. The van der Waals surface area contributed by atoms with Crippen molar-refractivity contribution in [2.75, 3.05) is 0 Å². The van der Waals surface area contributed by atoms with Gasteiger partial charge in [0.25, 0.3) is 0 Å². The summed E-state index contributed by atoms with van der Waals surface area (Å²) in [6.07, 6.45) is 6.04. The molecule has 0 spiro atoms. The zero-order valence-corrected chi connectivity index (χ0v) is 11.5. The summed E-state index contributed by atoms with van der Waals surface area (Å²) in [4.78, 5) is 1.98. The number of rotatable bonds is 5. The van der Waals surface area contributed by atoms with Crippen LogP contribution in [-0.2, 0) is 3.83 Å². The molecule has 1 heterocycles. The van der Waals surface area contributed by atoms with E-state index in [4.69, 9.17) is 0 Å². The fourth-order valence-corrected chi connectivity index (χ4v) is 4.88. The van der Waals surface area contributed by atoms with E-state index < -0.39 is 13.8 Å². The standard InChI is InChI=1S/C14H18OSe/c1-2-3-4-5-10-14-13-9-7-6-8-12(13)11-16(14)15/h6-9,11H,2-5,10H2,1H3. The van der Waals surface area contributed by atoms with Gasteiger partial charge < -0.3 is 0 Å².